The topological polar surface area (TPSA) is 67.9 Å². The van der Waals surface area contributed by atoms with Crippen LogP contribution in [0.5, 0.6) is 0 Å². The molecule has 3 aromatic rings. The number of hydrogen-bond donors (Lipinski definition) is 2. The zero-order valence-electron chi connectivity index (χ0n) is 15.2. The minimum absolute atomic E-state index is 0.439. The molecule has 0 radical (unpaired) electrons. The fourth-order valence-electron chi connectivity index (χ4n) is 2.98. The van der Waals surface area contributed by atoms with Crippen LogP contribution in [-0.4, -0.2) is 31.2 Å². The third-order valence-electron chi connectivity index (χ3n) is 4.54. The Morgan fingerprint density at radius 1 is 1.20 bits per heavy atom. The third-order valence-corrected chi connectivity index (χ3v) is 4.54. The molecule has 0 saturated carbocycles. The summed E-state index contributed by atoms with van der Waals surface area (Å²) in [6.07, 6.45) is 3.54. The maximum atomic E-state index is 10.7. The van der Waals surface area contributed by atoms with Gasteiger partial charge in [0.05, 0.1) is 17.6 Å². The number of aliphatic hydroxyl groups is 1. The van der Waals surface area contributed by atoms with Crippen molar-refractivity contribution in [1.29, 1.82) is 0 Å². The van der Waals surface area contributed by atoms with E-state index < -0.39 is 5.60 Å². The lowest BCUT2D eigenvalue weighted by atomic mass is 9.99. The second-order valence-electron chi connectivity index (χ2n) is 6.68. The van der Waals surface area contributed by atoms with Crippen molar-refractivity contribution in [1.82, 2.24) is 24.9 Å². The van der Waals surface area contributed by atoms with Crippen molar-refractivity contribution >= 4 is 0 Å². The smallest absolute Gasteiger partial charge is 0.102 e. The molecule has 25 heavy (non-hydrogen) atoms. The number of benzene rings is 1. The van der Waals surface area contributed by atoms with Gasteiger partial charge in [-0.1, -0.05) is 18.2 Å². The summed E-state index contributed by atoms with van der Waals surface area (Å²) < 4.78 is 3.66. The van der Waals surface area contributed by atoms with E-state index in [0.717, 1.165) is 28.2 Å². The number of aromatic nitrogens is 4. The first-order valence-corrected chi connectivity index (χ1v) is 8.41. The van der Waals surface area contributed by atoms with Crippen LogP contribution in [0.2, 0.25) is 0 Å². The number of para-hydroxylation sites is 1. The van der Waals surface area contributed by atoms with Gasteiger partial charge in [0.1, 0.15) is 5.60 Å². The van der Waals surface area contributed by atoms with E-state index in [4.69, 9.17) is 0 Å². The van der Waals surface area contributed by atoms with Gasteiger partial charge in [-0.2, -0.15) is 10.2 Å². The van der Waals surface area contributed by atoms with Crippen LogP contribution >= 0.6 is 0 Å². The Kier molecular flexibility index (Phi) is 4.74. The van der Waals surface area contributed by atoms with Gasteiger partial charge in [-0.25, -0.2) is 4.68 Å². The lowest BCUT2D eigenvalue weighted by molar-refractivity contribution is 0.0565. The molecule has 6 heteroatoms. The summed E-state index contributed by atoms with van der Waals surface area (Å²) >= 11 is 0. The fourth-order valence-corrected chi connectivity index (χ4v) is 2.98. The van der Waals surface area contributed by atoms with E-state index in [1.165, 1.54) is 0 Å². The van der Waals surface area contributed by atoms with Gasteiger partial charge in [-0.3, -0.25) is 4.68 Å². The Morgan fingerprint density at radius 3 is 2.56 bits per heavy atom. The molecule has 0 bridgehead atoms. The Morgan fingerprint density at radius 2 is 1.92 bits per heavy atom. The van der Waals surface area contributed by atoms with Crippen LogP contribution in [0.4, 0.5) is 0 Å². The lowest BCUT2D eigenvalue weighted by Gasteiger charge is -2.22. The van der Waals surface area contributed by atoms with Gasteiger partial charge in [0.15, 0.2) is 0 Å². The fraction of sp³-hybridized carbons (Fsp3) is 0.368. The molecule has 0 aliphatic carbocycles. The average molecular weight is 339 g/mol. The highest BCUT2D eigenvalue weighted by atomic mass is 16.3. The molecule has 1 unspecified atom stereocenters. The quantitative estimate of drug-likeness (QED) is 0.723. The number of nitrogens with zero attached hydrogens (tertiary/aromatic N) is 4. The minimum atomic E-state index is -0.967. The molecule has 0 fully saturated rings. The van der Waals surface area contributed by atoms with Crippen LogP contribution in [0.25, 0.3) is 5.69 Å². The maximum Gasteiger partial charge on any atom is 0.102 e. The lowest BCUT2D eigenvalue weighted by Crippen LogP contribution is -2.35. The summed E-state index contributed by atoms with van der Waals surface area (Å²) in [4.78, 5) is 0. The number of aryl methyl sites for hydroxylation is 2. The Balaban J connectivity index is 1.71. The summed E-state index contributed by atoms with van der Waals surface area (Å²) in [6, 6.07) is 10.1. The number of rotatable bonds is 6. The van der Waals surface area contributed by atoms with Gasteiger partial charge in [0.2, 0.25) is 0 Å². The van der Waals surface area contributed by atoms with Gasteiger partial charge < -0.3 is 10.4 Å². The highest BCUT2D eigenvalue weighted by Crippen LogP contribution is 2.20. The molecule has 1 aromatic carbocycles. The van der Waals surface area contributed by atoms with E-state index in [-0.39, 0.29) is 0 Å². The van der Waals surface area contributed by atoms with Crippen LogP contribution in [0.1, 0.15) is 29.4 Å². The van der Waals surface area contributed by atoms with E-state index in [1.54, 1.807) is 17.8 Å². The molecular weight excluding hydrogens is 314 g/mol. The SMILES string of the molecule is Cc1nn(-c2ccccc2)c(C)c1CNCC(C)(O)c1cnn(C)c1. The highest BCUT2D eigenvalue weighted by molar-refractivity contribution is 5.36. The number of hydrogen-bond acceptors (Lipinski definition) is 4. The van der Waals surface area contributed by atoms with E-state index >= 15 is 0 Å². The second-order valence-corrected chi connectivity index (χ2v) is 6.68. The molecule has 0 aliphatic rings. The van der Waals surface area contributed by atoms with Gasteiger partial charge in [-0.15, -0.1) is 0 Å². The summed E-state index contributed by atoms with van der Waals surface area (Å²) in [5, 5.41) is 22.8. The molecule has 0 saturated heterocycles. The highest BCUT2D eigenvalue weighted by Gasteiger charge is 2.24. The zero-order chi connectivity index (χ0) is 18.0. The van der Waals surface area contributed by atoms with Gasteiger partial charge in [0, 0.05) is 43.2 Å². The number of nitrogens with one attached hydrogen (secondary N) is 1. The van der Waals surface area contributed by atoms with Gasteiger partial charge in [-0.05, 0) is 32.9 Å². The largest absolute Gasteiger partial charge is 0.384 e. The molecule has 0 amide bonds. The van der Waals surface area contributed by atoms with Gasteiger partial charge in [0.25, 0.3) is 0 Å². The average Bonchev–Trinajstić information content (AvgIpc) is 3.14. The molecule has 2 N–H and O–H groups in total. The van der Waals surface area contributed by atoms with Crippen LogP contribution in [0.3, 0.4) is 0 Å². The van der Waals surface area contributed by atoms with E-state index in [9.17, 15) is 5.11 Å². The van der Waals surface area contributed by atoms with Crippen LogP contribution in [0, 0.1) is 13.8 Å². The van der Waals surface area contributed by atoms with Crippen molar-refractivity contribution in [3.05, 3.63) is 65.2 Å². The summed E-state index contributed by atoms with van der Waals surface area (Å²) in [5.74, 6) is 0. The molecule has 0 aliphatic heterocycles. The minimum Gasteiger partial charge on any atom is -0.384 e. The maximum absolute atomic E-state index is 10.7. The summed E-state index contributed by atoms with van der Waals surface area (Å²) in [6.45, 7) is 6.98. The Hall–Kier alpha value is -2.44. The first-order valence-electron chi connectivity index (χ1n) is 8.41. The molecule has 3 rings (SSSR count). The van der Waals surface area contributed by atoms with E-state index in [2.05, 4.69) is 22.4 Å². The van der Waals surface area contributed by atoms with Crippen LogP contribution in [0.15, 0.2) is 42.7 Å². The van der Waals surface area contributed by atoms with Crippen molar-refractivity contribution in [2.75, 3.05) is 6.54 Å². The normalized spacial score (nSPS) is 13.8. The van der Waals surface area contributed by atoms with Crippen molar-refractivity contribution in [3.8, 4) is 5.69 Å². The summed E-state index contributed by atoms with van der Waals surface area (Å²) in [7, 11) is 1.84. The van der Waals surface area contributed by atoms with Crippen molar-refractivity contribution < 1.29 is 5.11 Å². The van der Waals surface area contributed by atoms with E-state index in [1.807, 2.05) is 55.2 Å². The molecule has 132 valence electrons. The standard InChI is InChI=1S/C19H25N5O/c1-14-18(15(2)24(22-14)17-8-6-5-7-9-17)11-20-13-19(3,25)16-10-21-23(4)12-16/h5-10,12,20,25H,11,13H2,1-4H3. The van der Waals surface area contributed by atoms with Crippen molar-refractivity contribution in [3.63, 3.8) is 0 Å². The molecular formula is C19H25N5O. The second kappa shape index (κ2) is 6.82. The zero-order valence-corrected chi connectivity index (χ0v) is 15.2. The van der Waals surface area contributed by atoms with Crippen LogP contribution < -0.4 is 5.32 Å². The molecule has 2 heterocycles. The Bertz CT molecular complexity index is 848. The van der Waals surface area contributed by atoms with Crippen LogP contribution in [-0.2, 0) is 19.2 Å². The monoisotopic (exact) mass is 339 g/mol. The first kappa shape index (κ1) is 17.4. The predicted molar refractivity (Wildman–Crippen MR) is 97.5 cm³/mol. The van der Waals surface area contributed by atoms with Crippen molar-refractivity contribution in [2.24, 2.45) is 7.05 Å². The van der Waals surface area contributed by atoms with Gasteiger partial charge >= 0.3 is 0 Å². The molecule has 6 nitrogen and oxygen atoms in total. The molecule has 2 aromatic heterocycles. The molecule has 1 atom stereocenters. The van der Waals surface area contributed by atoms with E-state index in [0.29, 0.717) is 13.1 Å². The molecule has 0 spiro atoms. The predicted octanol–water partition coefficient (Wildman–Crippen LogP) is 2.22. The first-order chi connectivity index (χ1) is 11.9. The Labute approximate surface area is 148 Å². The summed E-state index contributed by atoms with van der Waals surface area (Å²) in [5.41, 5.74) is 4.15. The van der Waals surface area contributed by atoms with Crippen molar-refractivity contribution in [2.45, 2.75) is 32.9 Å². The third kappa shape index (κ3) is 3.65.